The zero-order valence-electron chi connectivity index (χ0n) is 14.8. The molecule has 7 nitrogen and oxygen atoms in total. The van der Waals surface area contributed by atoms with Gasteiger partial charge in [0.2, 0.25) is 0 Å². The van der Waals surface area contributed by atoms with Crippen LogP contribution >= 0.6 is 0 Å². The van der Waals surface area contributed by atoms with Crippen molar-refractivity contribution in [3.05, 3.63) is 59.7 Å². The Bertz CT molecular complexity index is 906. The van der Waals surface area contributed by atoms with Gasteiger partial charge in [0.25, 0.3) is 5.91 Å². The molecule has 0 aliphatic rings. The number of ether oxygens (including phenoxy) is 1. The number of carbonyl (C=O) groups is 2. The first-order chi connectivity index (χ1) is 12.8. The lowest BCUT2D eigenvalue weighted by Crippen LogP contribution is -2.24. The van der Waals surface area contributed by atoms with E-state index in [1.54, 1.807) is 36.4 Å². The molecule has 0 unspecified atom stereocenters. The normalized spacial score (nSPS) is 11.0. The van der Waals surface area contributed by atoms with Gasteiger partial charge in [-0.25, -0.2) is 8.42 Å². The summed E-state index contributed by atoms with van der Waals surface area (Å²) in [4.78, 5) is 22.8. The lowest BCUT2D eigenvalue weighted by atomic mass is 10.2. The minimum Gasteiger partial charge on any atom is -0.494 e. The van der Waals surface area contributed by atoms with Crippen molar-refractivity contribution < 1.29 is 27.9 Å². The van der Waals surface area contributed by atoms with Crippen LogP contribution in [0.15, 0.2) is 53.4 Å². The second kappa shape index (κ2) is 9.18. The molecule has 0 saturated carbocycles. The molecule has 2 N–H and O–H groups in total. The van der Waals surface area contributed by atoms with Gasteiger partial charge in [-0.2, -0.15) is 0 Å². The average Bonchev–Trinajstić information content (AvgIpc) is 2.63. The van der Waals surface area contributed by atoms with Crippen LogP contribution in [0.2, 0.25) is 0 Å². The number of aliphatic carboxylic acids is 1. The SMILES string of the molecule is CS(=O)(=O)c1ccccc1C(=O)NCc1ccc(OCCCC(=O)O)cc1. The number of sulfone groups is 1. The Morgan fingerprint density at radius 2 is 1.74 bits per heavy atom. The summed E-state index contributed by atoms with van der Waals surface area (Å²) < 4.78 is 29.0. The summed E-state index contributed by atoms with van der Waals surface area (Å²) in [5, 5.41) is 11.3. The molecule has 8 heteroatoms. The van der Waals surface area contributed by atoms with Crippen LogP contribution in [0.3, 0.4) is 0 Å². The summed E-state index contributed by atoms with van der Waals surface area (Å²) in [5.41, 5.74) is 0.927. The Morgan fingerprint density at radius 3 is 2.37 bits per heavy atom. The maximum Gasteiger partial charge on any atom is 0.303 e. The van der Waals surface area contributed by atoms with Gasteiger partial charge in [-0.05, 0) is 36.2 Å². The molecule has 0 atom stereocenters. The van der Waals surface area contributed by atoms with Gasteiger partial charge in [0, 0.05) is 19.2 Å². The van der Waals surface area contributed by atoms with Crippen molar-refractivity contribution in [2.75, 3.05) is 12.9 Å². The van der Waals surface area contributed by atoms with Gasteiger partial charge in [0.15, 0.2) is 9.84 Å². The van der Waals surface area contributed by atoms with Crippen molar-refractivity contribution in [1.29, 1.82) is 0 Å². The smallest absolute Gasteiger partial charge is 0.303 e. The van der Waals surface area contributed by atoms with Gasteiger partial charge < -0.3 is 15.2 Å². The summed E-state index contributed by atoms with van der Waals surface area (Å²) >= 11 is 0. The van der Waals surface area contributed by atoms with Crippen LogP contribution in [0.25, 0.3) is 0 Å². The van der Waals surface area contributed by atoms with Crippen molar-refractivity contribution in [2.24, 2.45) is 0 Å². The van der Waals surface area contributed by atoms with E-state index in [4.69, 9.17) is 9.84 Å². The number of rotatable bonds is 9. The van der Waals surface area contributed by atoms with Crippen molar-refractivity contribution in [1.82, 2.24) is 5.32 Å². The van der Waals surface area contributed by atoms with Gasteiger partial charge >= 0.3 is 5.97 Å². The summed E-state index contributed by atoms with van der Waals surface area (Å²) in [6.07, 6.45) is 1.54. The third-order valence-corrected chi connectivity index (χ3v) is 4.87. The number of hydrogen-bond donors (Lipinski definition) is 2. The Balaban J connectivity index is 1.92. The van der Waals surface area contributed by atoms with E-state index in [0.717, 1.165) is 11.8 Å². The number of amides is 1. The van der Waals surface area contributed by atoms with Crippen LogP contribution in [-0.4, -0.2) is 38.3 Å². The molecule has 27 heavy (non-hydrogen) atoms. The van der Waals surface area contributed by atoms with Gasteiger partial charge in [-0.3, -0.25) is 9.59 Å². The molecule has 2 aromatic carbocycles. The quantitative estimate of drug-likeness (QED) is 0.635. The van der Waals surface area contributed by atoms with Crippen LogP contribution in [-0.2, 0) is 21.2 Å². The standard InChI is InChI=1S/C19H21NO6S/c1-27(24,25)17-6-3-2-5-16(17)19(23)20-13-14-8-10-15(11-9-14)26-12-4-7-18(21)22/h2-3,5-6,8-11H,4,7,12-13H2,1H3,(H,20,23)(H,21,22). The van der Waals surface area contributed by atoms with Crippen LogP contribution in [0, 0.1) is 0 Å². The monoisotopic (exact) mass is 391 g/mol. The first-order valence-electron chi connectivity index (χ1n) is 8.28. The zero-order valence-corrected chi connectivity index (χ0v) is 15.7. The maximum absolute atomic E-state index is 12.3. The Morgan fingerprint density at radius 1 is 1.07 bits per heavy atom. The Hall–Kier alpha value is -2.87. The van der Waals surface area contributed by atoms with Gasteiger partial charge in [-0.15, -0.1) is 0 Å². The number of carboxylic acids is 1. The second-order valence-corrected chi connectivity index (χ2v) is 7.92. The lowest BCUT2D eigenvalue weighted by molar-refractivity contribution is -0.137. The van der Waals surface area contributed by atoms with Crippen molar-refractivity contribution in [2.45, 2.75) is 24.3 Å². The molecule has 144 valence electrons. The van der Waals surface area contributed by atoms with E-state index in [1.165, 1.54) is 12.1 Å². The maximum atomic E-state index is 12.3. The molecule has 2 rings (SSSR count). The minimum absolute atomic E-state index is 0.00684. The van der Waals surface area contributed by atoms with E-state index in [2.05, 4.69) is 5.32 Å². The van der Waals surface area contributed by atoms with E-state index >= 15 is 0 Å². The molecule has 2 aromatic rings. The van der Waals surface area contributed by atoms with Crippen LogP contribution < -0.4 is 10.1 Å². The predicted octanol–water partition coefficient (Wildman–Crippen LogP) is 2.26. The molecule has 0 aromatic heterocycles. The van der Waals surface area contributed by atoms with Gasteiger partial charge in [0.1, 0.15) is 5.75 Å². The second-order valence-electron chi connectivity index (χ2n) is 5.94. The first-order valence-corrected chi connectivity index (χ1v) is 10.2. The molecule has 0 fully saturated rings. The van der Waals surface area contributed by atoms with E-state index in [9.17, 15) is 18.0 Å². The zero-order chi connectivity index (χ0) is 19.9. The summed E-state index contributed by atoms with van der Waals surface area (Å²) in [5.74, 6) is -0.718. The van der Waals surface area contributed by atoms with Crippen molar-refractivity contribution in [3.8, 4) is 5.75 Å². The number of carbonyl (C=O) groups excluding carboxylic acids is 1. The fraction of sp³-hybridized carbons (Fsp3) is 0.263. The highest BCUT2D eigenvalue weighted by atomic mass is 32.2. The highest BCUT2D eigenvalue weighted by molar-refractivity contribution is 7.90. The Kier molecular flexibility index (Phi) is 6.95. The van der Waals surface area contributed by atoms with E-state index < -0.39 is 21.7 Å². The Labute approximate surface area is 157 Å². The topological polar surface area (TPSA) is 110 Å². The van der Waals surface area contributed by atoms with Crippen molar-refractivity contribution >= 4 is 21.7 Å². The molecule has 0 heterocycles. The summed E-state index contributed by atoms with van der Waals surface area (Å²) in [7, 11) is -3.50. The van der Waals surface area contributed by atoms with E-state index in [-0.39, 0.29) is 23.4 Å². The molecule has 0 radical (unpaired) electrons. The average molecular weight is 391 g/mol. The third kappa shape index (κ3) is 6.41. The minimum atomic E-state index is -3.50. The molecule has 1 amide bonds. The molecule has 0 aliphatic carbocycles. The first kappa shape index (κ1) is 20.4. The highest BCUT2D eigenvalue weighted by Gasteiger charge is 2.17. The third-order valence-electron chi connectivity index (χ3n) is 3.71. The molecule has 0 bridgehead atoms. The van der Waals surface area contributed by atoms with Crippen LogP contribution in [0.4, 0.5) is 0 Å². The van der Waals surface area contributed by atoms with Crippen LogP contribution in [0.1, 0.15) is 28.8 Å². The van der Waals surface area contributed by atoms with Gasteiger partial charge in [-0.1, -0.05) is 24.3 Å². The van der Waals surface area contributed by atoms with E-state index in [0.29, 0.717) is 18.8 Å². The summed E-state index contributed by atoms with van der Waals surface area (Å²) in [6, 6.07) is 13.1. The molecular formula is C19H21NO6S. The predicted molar refractivity (Wildman–Crippen MR) is 99.5 cm³/mol. The van der Waals surface area contributed by atoms with Crippen LogP contribution in [0.5, 0.6) is 5.75 Å². The molecule has 0 saturated heterocycles. The lowest BCUT2D eigenvalue weighted by Gasteiger charge is -2.10. The molecule has 0 aliphatic heterocycles. The largest absolute Gasteiger partial charge is 0.494 e. The number of nitrogens with one attached hydrogen (secondary N) is 1. The summed E-state index contributed by atoms with van der Waals surface area (Å²) in [6.45, 7) is 0.543. The number of hydrogen-bond acceptors (Lipinski definition) is 5. The molecular weight excluding hydrogens is 370 g/mol. The highest BCUT2D eigenvalue weighted by Crippen LogP contribution is 2.16. The van der Waals surface area contributed by atoms with Gasteiger partial charge in [0.05, 0.1) is 17.1 Å². The number of carboxylic acid groups (broad SMARTS) is 1. The van der Waals surface area contributed by atoms with Crippen molar-refractivity contribution in [3.63, 3.8) is 0 Å². The fourth-order valence-electron chi connectivity index (χ4n) is 2.37. The number of benzene rings is 2. The van der Waals surface area contributed by atoms with E-state index in [1.807, 2.05) is 0 Å². The molecule has 0 spiro atoms. The fourth-order valence-corrected chi connectivity index (χ4v) is 3.26.